The molecule has 1 N–H and O–H groups in total. The summed E-state index contributed by atoms with van der Waals surface area (Å²) in [7, 11) is 0. The minimum atomic E-state index is -0.598. The number of carbonyl (C=O) groups excluding carboxylic acids is 1. The number of hydrogen-bond donors (Lipinski definition) is 1. The zero-order valence-corrected chi connectivity index (χ0v) is 11.9. The van der Waals surface area contributed by atoms with Crippen LogP contribution in [0.15, 0.2) is 0 Å². The number of aliphatic hydroxyl groups is 1. The lowest BCUT2D eigenvalue weighted by Crippen LogP contribution is -2.40. The molecule has 0 aromatic rings. The Kier molecular flexibility index (Phi) is 6.65. The van der Waals surface area contributed by atoms with Crippen LogP contribution < -0.4 is 0 Å². The number of hydrogen-bond acceptors (Lipinski definition) is 4. The largest absolute Gasteiger partial charge is 0.466 e. The molecular weight excluding hydrogens is 230 g/mol. The van der Waals surface area contributed by atoms with Gasteiger partial charge in [-0.15, -0.1) is 0 Å². The van der Waals surface area contributed by atoms with Gasteiger partial charge in [0.25, 0.3) is 0 Å². The molecule has 0 aromatic carbocycles. The number of piperidine rings is 1. The minimum Gasteiger partial charge on any atom is -0.466 e. The Labute approximate surface area is 110 Å². The van der Waals surface area contributed by atoms with Crippen LogP contribution in [0.2, 0.25) is 0 Å². The van der Waals surface area contributed by atoms with Crippen molar-refractivity contribution in [3.8, 4) is 0 Å². The van der Waals surface area contributed by atoms with E-state index in [1.165, 1.54) is 12.8 Å². The van der Waals surface area contributed by atoms with Crippen molar-refractivity contribution in [2.24, 2.45) is 11.8 Å². The molecule has 106 valence electrons. The van der Waals surface area contributed by atoms with E-state index in [1.807, 2.05) is 0 Å². The van der Waals surface area contributed by atoms with Crippen LogP contribution in [0, 0.1) is 11.8 Å². The quantitative estimate of drug-likeness (QED) is 0.735. The molecular formula is C14H27NO3. The lowest BCUT2D eigenvalue weighted by atomic mass is 9.86. The van der Waals surface area contributed by atoms with E-state index in [4.69, 9.17) is 4.74 Å². The topological polar surface area (TPSA) is 49.8 Å². The van der Waals surface area contributed by atoms with E-state index in [-0.39, 0.29) is 12.4 Å². The third-order valence-corrected chi connectivity index (χ3v) is 3.75. The third-order valence-electron chi connectivity index (χ3n) is 3.75. The third kappa shape index (κ3) is 5.36. The molecule has 0 radical (unpaired) electrons. The van der Waals surface area contributed by atoms with Crippen molar-refractivity contribution in [3.05, 3.63) is 0 Å². The van der Waals surface area contributed by atoms with E-state index in [2.05, 4.69) is 18.7 Å². The second-order valence-corrected chi connectivity index (χ2v) is 5.55. The van der Waals surface area contributed by atoms with Crippen LogP contribution in [-0.2, 0) is 9.53 Å². The van der Waals surface area contributed by atoms with Gasteiger partial charge in [0.15, 0.2) is 0 Å². The summed E-state index contributed by atoms with van der Waals surface area (Å²) in [6.45, 7) is 9.35. The van der Waals surface area contributed by atoms with Gasteiger partial charge < -0.3 is 14.7 Å². The molecule has 4 heteroatoms. The fourth-order valence-corrected chi connectivity index (χ4v) is 2.58. The van der Waals surface area contributed by atoms with Gasteiger partial charge in [-0.05, 0) is 44.7 Å². The van der Waals surface area contributed by atoms with Gasteiger partial charge in [0, 0.05) is 6.54 Å². The molecule has 4 nitrogen and oxygen atoms in total. The van der Waals surface area contributed by atoms with Gasteiger partial charge in [0.05, 0.1) is 19.1 Å². The van der Waals surface area contributed by atoms with Gasteiger partial charge in [-0.2, -0.15) is 0 Å². The molecule has 0 aromatic heterocycles. The van der Waals surface area contributed by atoms with Crippen LogP contribution in [0.25, 0.3) is 0 Å². The summed E-state index contributed by atoms with van der Waals surface area (Å²) in [5.74, 6) is 1.25. The number of β-amino-alcohol motifs (C(OH)–C–C–N with tert-alkyl or cyclic N) is 1. The zero-order chi connectivity index (χ0) is 13.5. The molecule has 1 aliphatic heterocycles. The second-order valence-electron chi connectivity index (χ2n) is 5.55. The van der Waals surface area contributed by atoms with Crippen molar-refractivity contribution >= 4 is 5.97 Å². The molecule has 1 heterocycles. The smallest absolute Gasteiger partial charge is 0.308 e. The van der Waals surface area contributed by atoms with Crippen molar-refractivity contribution < 1.29 is 14.6 Å². The summed E-state index contributed by atoms with van der Waals surface area (Å²) in [5.41, 5.74) is 0. The maximum absolute atomic E-state index is 11.2. The molecule has 1 unspecified atom stereocenters. The maximum Gasteiger partial charge on any atom is 0.308 e. The highest BCUT2D eigenvalue weighted by atomic mass is 16.5. The SMILES string of the molecule is CCOC(=O)CC(O)CN1CCC(C(C)C)CC1. The molecule has 0 aliphatic carbocycles. The summed E-state index contributed by atoms with van der Waals surface area (Å²) < 4.78 is 4.83. The summed E-state index contributed by atoms with van der Waals surface area (Å²) >= 11 is 0. The summed E-state index contributed by atoms with van der Waals surface area (Å²) in [6, 6.07) is 0. The minimum absolute atomic E-state index is 0.109. The molecule has 1 fully saturated rings. The number of aliphatic hydroxyl groups excluding tert-OH is 1. The van der Waals surface area contributed by atoms with E-state index < -0.39 is 6.10 Å². The number of likely N-dealkylation sites (tertiary alicyclic amines) is 1. The molecule has 0 bridgehead atoms. The fourth-order valence-electron chi connectivity index (χ4n) is 2.58. The van der Waals surface area contributed by atoms with Crippen molar-refractivity contribution in [3.63, 3.8) is 0 Å². The molecule has 0 amide bonds. The molecule has 1 aliphatic rings. The van der Waals surface area contributed by atoms with E-state index >= 15 is 0 Å². The van der Waals surface area contributed by atoms with Crippen molar-refractivity contribution in [2.45, 2.75) is 46.1 Å². The van der Waals surface area contributed by atoms with E-state index in [0.717, 1.165) is 24.9 Å². The highest BCUT2D eigenvalue weighted by molar-refractivity contribution is 5.69. The van der Waals surface area contributed by atoms with Gasteiger partial charge in [0.2, 0.25) is 0 Å². The van der Waals surface area contributed by atoms with Crippen molar-refractivity contribution in [2.75, 3.05) is 26.2 Å². The number of carbonyl (C=O) groups is 1. The Balaban J connectivity index is 2.22. The first-order valence-corrected chi connectivity index (χ1v) is 7.09. The van der Waals surface area contributed by atoms with Crippen LogP contribution in [0.3, 0.4) is 0 Å². The normalized spacial score (nSPS) is 20.1. The molecule has 1 rings (SSSR count). The molecule has 18 heavy (non-hydrogen) atoms. The van der Waals surface area contributed by atoms with Crippen LogP contribution in [0.1, 0.15) is 40.0 Å². The van der Waals surface area contributed by atoms with Crippen molar-refractivity contribution in [1.29, 1.82) is 0 Å². The summed E-state index contributed by atoms with van der Waals surface area (Å²) in [4.78, 5) is 13.5. The van der Waals surface area contributed by atoms with Gasteiger partial charge in [0.1, 0.15) is 0 Å². The first-order chi connectivity index (χ1) is 8.52. The summed E-state index contributed by atoms with van der Waals surface area (Å²) in [6.07, 6.45) is 1.91. The fraction of sp³-hybridized carbons (Fsp3) is 0.929. The molecule has 0 spiro atoms. The predicted molar refractivity (Wildman–Crippen MR) is 71.3 cm³/mol. The van der Waals surface area contributed by atoms with Gasteiger partial charge >= 0.3 is 5.97 Å². The van der Waals surface area contributed by atoms with Crippen LogP contribution >= 0.6 is 0 Å². The first-order valence-electron chi connectivity index (χ1n) is 7.09. The average Bonchev–Trinajstić information content (AvgIpc) is 2.29. The highest BCUT2D eigenvalue weighted by Crippen LogP contribution is 2.24. The molecule has 1 saturated heterocycles. The number of rotatable bonds is 6. The van der Waals surface area contributed by atoms with Gasteiger partial charge in [-0.25, -0.2) is 0 Å². The van der Waals surface area contributed by atoms with Crippen LogP contribution in [0.5, 0.6) is 0 Å². The van der Waals surface area contributed by atoms with Crippen LogP contribution in [-0.4, -0.2) is 48.3 Å². The van der Waals surface area contributed by atoms with E-state index in [0.29, 0.717) is 13.2 Å². The van der Waals surface area contributed by atoms with Gasteiger partial charge in [-0.1, -0.05) is 13.8 Å². The Morgan fingerprint density at radius 1 is 1.39 bits per heavy atom. The first kappa shape index (κ1) is 15.4. The predicted octanol–water partition coefficient (Wildman–Crippen LogP) is 1.67. The Morgan fingerprint density at radius 3 is 2.50 bits per heavy atom. The molecule has 1 atom stereocenters. The second kappa shape index (κ2) is 7.74. The maximum atomic E-state index is 11.2. The van der Waals surface area contributed by atoms with Crippen molar-refractivity contribution in [1.82, 2.24) is 4.90 Å². The number of nitrogens with zero attached hydrogens (tertiary/aromatic N) is 1. The molecule has 0 saturated carbocycles. The lowest BCUT2D eigenvalue weighted by Gasteiger charge is -2.34. The highest BCUT2D eigenvalue weighted by Gasteiger charge is 2.23. The Morgan fingerprint density at radius 2 is 2.00 bits per heavy atom. The van der Waals surface area contributed by atoms with E-state index in [1.54, 1.807) is 6.92 Å². The lowest BCUT2D eigenvalue weighted by molar-refractivity contribution is -0.145. The number of esters is 1. The summed E-state index contributed by atoms with van der Waals surface area (Å²) in [5, 5.41) is 9.83. The van der Waals surface area contributed by atoms with E-state index in [9.17, 15) is 9.90 Å². The number of ether oxygens (including phenoxy) is 1. The monoisotopic (exact) mass is 257 g/mol. The Hall–Kier alpha value is -0.610. The average molecular weight is 257 g/mol. The Bertz CT molecular complexity index is 247. The van der Waals surface area contributed by atoms with Gasteiger partial charge in [-0.3, -0.25) is 4.79 Å². The standard InChI is InChI=1S/C14H27NO3/c1-4-18-14(17)9-13(16)10-15-7-5-12(6-8-15)11(2)3/h11-13,16H,4-10H2,1-3H3. The van der Waals surface area contributed by atoms with Crippen LogP contribution in [0.4, 0.5) is 0 Å². The zero-order valence-electron chi connectivity index (χ0n) is 11.9.